The second-order valence-electron chi connectivity index (χ2n) is 8.36. The second kappa shape index (κ2) is 17.7. The molecule has 0 aliphatic carbocycles. The Kier molecular flexibility index (Phi) is 16.0. The molecule has 0 saturated heterocycles. The number of aromatic nitrogens is 1. The first-order chi connectivity index (χ1) is 17.9. The van der Waals surface area contributed by atoms with Crippen molar-refractivity contribution in [2.75, 3.05) is 33.0 Å². The highest BCUT2D eigenvalue weighted by Crippen LogP contribution is 2.46. The number of nitrogens with zero attached hydrogens (tertiary/aromatic N) is 2. The van der Waals surface area contributed by atoms with Crippen LogP contribution in [0.25, 0.3) is 0 Å². The number of rotatable bonds is 20. The molecule has 3 atom stereocenters. The van der Waals surface area contributed by atoms with Crippen LogP contribution in [0.15, 0.2) is 29.1 Å². The van der Waals surface area contributed by atoms with Crippen LogP contribution in [-0.2, 0) is 29.7 Å². The number of nitrogens with one attached hydrogen (secondary N) is 2. The van der Waals surface area contributed by atoms with Gasteiger partial charge in [-0.2, -0.15) is 0 Å². The molecule has 218 valence electrons. The minimum atomic E-state index is -4.14. The van der Waals surface area contributed by atoms with E-state index in [0.717, 1.165) is 0 Å². The van der Waals surface area contributed by atoms with Gasteiger partial charge in [0.1, 0.15) is 0 Å². The van der Waals surface area contributed by atoms with Gasteiger partial charge in [0.15, 0.2) is 0 Å². The van der Waals surface area contributed by atoms with Crippen molar-refractivity contribution in [1.82, 2.24) is 5.32 Å². The largest absolute Gasteiger partial charge is 0.481 e. The maximum atomic E-state index is 11.7. The average molecular weight is 585 g/mol. The van der Waals surface area contributed by atoms with E-state index in [-0.39, 0.29) is 26.1 Å². The van der Waals surface area contributed by atoms with Gasteiger partial charge in [-0.1, -0.05) is 12.5 Å². The van der Waals surface area contributed by atoms with Crippen molar-refractivity contribution in [3.8, 4) is 0 Å². The Bertz CT molecular complexity index is 977. The molecule has 0 saturated carbocycles. The number of aliphatic hydroxyl groups is 1. The molecule has 38 heavy (non-hydrogen) atoms. The summed E-state index contributed by atoms with van der Waals surface area (Å²) in [5, 5.41) is 28.3. The predicted molar refractivity (Wildman–Crippen MR) is 138 cm³/mol. The molecule has 9 N–H and O–H groups in total. The first-order valence-corrected chi connectivity index (χ1v) is 15.2. The second-order valence-corrected chi connectivity index (χ2v) is 11.4. The van der Waals surface area contributed by atoms with Gasteiger partial charge in [-0.25, -0.2) is 9.73 Å². The lowest BCUT2D eigenvalue weighted by atomic mass is 10.0. The molecule has 0 bridgehead atoms. The maximum Gasteiger partial charge on any atom is 0.468 e. The van der Waals surface area contributed by atoms with Gasteiger partial charge in [0.2, 0.25) is 5.91 Å². The zero-order chi connectivity index (χ0) is 28.6. The fourth-order valence-electron chi connectivity index (χ4n) is 3.08. The van der Waals surface area contributed by atoms with Gasteiger partial charge >= 0.3 is 27.3 Å². The summed E-state index contributed by atoms with van der Waals surface area (Å²) < 4.78 is 21.3. The first kappa shape index (κ1) is 34.3. The molecule has 1 amide bonds. The standard InChI is InChI=1S/C21H39N5O10P2/c1-2-26-12-6-4-8-19(26)25-38(32,33)36-15-17(7-3-5-11-22)14-34-37(23,31)35-16-18(13-27)24-20(28)9-10-21(29)30/h4,6,8,12,17-18,27H,2-3,5,7,9-11,13-16,22H2,1H3,(H5-,23,24,28,29,30,31,32,33)/p+1. The van der Waals surface area contributed by atoms with Crippen LogP contribution in [0.5, 0.6) is 0 Å². The number of hydrogen-bond acceptors (Lipinski definition) is 9. The molecule has 0 aliphatic heterocycles. The average Bonchev–Trinajstić information content (AvgIpc) is 2.86. The molecule has 1 aromatic rings. The summed E-state index contributed by atoms with van der Waals surface area (Å²) in [6.07, 6.45) is 2.88. The quantitative estimate of drug-likeness (QED) is 0.0615. The summed E-state index contributed by atoms with van der Waals surface area (Å²) in [6.45, 7) is 1.46. The van der Waals surface area contributed by atoms with Crippen molar-refractivity contribution in [3.63, 3.8) is 0 Å². The van der Waals surface area contributed by atoms with Crippen LogP contribution in [0.2, 0.25) is 0 Å². The van der Waals surface area contributed by atoms with Crippen LogP contribution in [0, 0.1) is 11.1 Å². The van der Waals surface area contributed by atoms with Crippen molar-refractivity contribution < 1.29 is 52.6 Å². The molecule has 1 aromatic heterocycles. The lowest BCUT2D eigenvalue weighted by Gasteiger charge is -2.23. The highest BCUT2D eigenvalue weighted by molar-refractivity contribution is 7.49. The van der Waals surface area contributed by atoms with Crippen LogP contribution in [-0.4, -0.2) is 75.8 Å². The zero-order valence-electron chi connectivity index (χ0n) is 21.4. The van der Waals surface area contributed by atoms with E-state index in [1.54, 1.807) is 29.0 Å². The van der Waals surface area contributed by atoms with Gasteiger partial charge in [-0.05, 0) is 32.4 Å². The number of aryl methyl sites for hydroxylation is 1. The van der Waals surface area contributed by atoms with E-state index < -0.39 is 52.5 Å². The molecule has 0 aromatic carbocycles. The summed E-state index contributed by atoms with van der Waals surface area (Å²) in [7, 11) is -8.27. The number of carboxylic acid groups (broad SMARTS) is 1. The summed E-state index contributed by atoms with van der Waals surface area (Å²) >= 11 is 0. The Morgan fingerprint density at radius 2 is 1.82 bits per heavy atom. The van der Waals surface area contributed by atoms with Crippen LogP contribution < -0.4 is 15.6 Å². The Morgan fingerprint density at radius 1 is 1.13 bits per heavy atom. The predicted octanol–water partition coefficient (Wildman–Crippen LogP) is 1.21. The fraction of sp³-hybridized carbons (Fsp3) is 0.667. The van der Waals surface area contributed by atoms with Crippen molar-refractivity contribution >= 4 is 33.2 Å². The molecular formula is C21H40N5O10P2+. The number of pyridine rings is 1. The Labute approximate surface area is 222 Å². The number of carbonyl (C=O) groups is 2. The molecule has 0 radical (unpaired) electrons. The smallest absolute Gasteiger partial charge is 0.468 e. The lowest BCUT2D eigenvalue weighted by Crippen LogP contribution is -2.40. The minimum Gasteiger partial charge on any atom is -0.481 e. The monoisotopic (exact) mass is 584 g/mol. The summed E-state index contributed by atoms with van der Waals surface area (Å²) in [5.74, 6) is -1.92. The van der Waals surface area contributed by atoms with Crippen LogP contribution in [0.1, 0.15) is 39.0 Å². The number of carbonyl (C=O) groups excluding carboxylic acids is 1. The van der Waals surface area contributed by atoms with Crippen LogP contribution in [0.3, 0.4) is 0 Å². The van der Waals surface area contributed by atoms with Gasteiger partial charge in [-0.3, -0.25) is 23.9 Å². The molecule has 3 unspecified atom stereocenters. The molecular weight excluding hydrogens is 544 g/mol. The SMILES string of the molecule is CC[n+]1ccccc1N=P(O)(O)OCC(CCCCN)COP(=N)(O)OCC(CO)NC(=O)CCC(=O)O. The zero-order valence-corrected chi connectivity index (χ0v) is 23.2. The van der Waals surface area contributed by atoms with Gasteiger partial charge in [-0.15, -0.1) is 0 Å². The van der Waals surface area contributed by atoms with E-state index >= 15 is 0 Å². The number of amides is 1. The van der Waals surface area contributed by atoms with Crippen molar-refractivity contribution in [1.29, 1.82) is 5.16 Å². The number of aliphatic hydroxyl groups excluding tert-OH is 1. The summed E-state index contributed by atoms with van der Waals surface area (Å²) in [6, 6.07) is 4.12. The van der Waals surface area contributed by atoms with Crippen LogP contribution in [0.4, 0.5) is 5.82 Å². The van der Waals surface area contributed by atoms with E-state index in [9.17, 15) is 29.4 Å². The molecule has 17 heteroatoms. The van der Waals surface area contributed by atoms with Gasteiger partial charge < -0.3 is 35.2 Å². The van der Waals surface area contributed by atoms with Crippen molar-refractivity contribution in [3.05, 3.63) is 24.4 Å². The molecule has 0 aliphatic rings. The molecule has 0 spiro atoms. The van der Waals surface area contributed by atoms with E-state index in [1.165, 1.54) is 0 Å². The number of carboxylic acids is 1. The molecule has 0 fully saturated rings. The number of unbranched alkanes of at least 4 members (excludes halogenated alkanes) is 1. The minimum absolute atomic E-state index is 0.188. The third kappa shape index (κ3) is 15.0. The summed E-state index contributed by atoms with van der Waals surface area (Å²) in [5.41, 5.74) is 5.55. The lowest BCUT2D eigenvalue weighted by molar-refractivity contribution is -0.680. The number of nitrogens with two attached hydrogens (primary N) is 1. The fourth-order valence-corrected chi connectivity index (χ4v) is 4.87. The van der Waals surface area contributed by atoms with Crippen molar-refractivity contribution in [2.24, 2.45) is 16.4 Å². The topological polar surface area (TPSA) is 241 Å². The molecule has 1 heterocycles. The van der Waals surface area contributed by atoms with Crippen molar-refractivity contribution in [2.45, 2.75) is 51.6 Å². The normalized spacial score (nSPS) is 14.9. The third-order valence-corrected chi connectivity index (χ3v) is 7.09. The van der Waals surface area contributed by atoms with E-state index in [4.69, 9.17) is 29.6 Å². The van der Waals surface area contributed by atoms with Gasteiger partial charge in [0.05, 0.1) is 51.6 Å². The van der Waals surface area contributed by atoms with E-state index in [0.29, 0.717) is 38.2 Å². The first-order valence-electron chi connectivity index (χ1n) is 12.1. The maximum absolute atomic E-state index is 11.7. The van der Waals surface area contributed by atoms with Crippen LogP contribution >= 0.6 is 15.5 Å². The Balaban J connectivity index is 2.72. The highest BCUT2D eigenvalue weighted by Gasteiger charge is 2.27. The number of aliphatic carboxylic acids is 1. The number of hydrogen-bond donors (Lipinski definition) is 8. The van der Waals surface area contributed by atoms with E-state index in [2.05, 4.69) is 10.1 Å². The molecule has 15 nitrogen and oxygen atoms in total. The Morgan fingerprint density at radius 3 is 2.45 bits per heavy atom. The van der Waals surface area contributed by atoms with Gasteiger partial charge in [0.25, 0.3) is 0 Å². The van der Waals surface area contributed by atoms with E-state index in [1.807, 2.05) is 6.92 Å². The Hall–Kier alpha value is -1.77. The summed E-state index contributed by atoms with van der Waals surface area (Å²) in [4.78, 5) is 53.3. The third-order valence-electron chi connectivity index (χ3n) is 5.13. The molecule has 1 rings (SSSR count). The van der Waals surface area contributed by atoms with Gasteiger partial charge in [0, 0.05) is 23.2 Å². The highest BCUT2D eigenvalue weighted by atomic mass is 31.2.